The number of fused-ring (bicyclic) bond motifs is 1. The lowest BCUT2D eigenvalue weighted by atomic mass is 9.87. The van der Waals surface area contributed by atoms with E-state index in [0.717, 1.165) is 11.1 Å². The van der Waals surface area contributed by atoms with Crippen molar-refractivity contribution in [3.8, 4) is 17.2 Å². The third-order valence-electron chi connectivity index (χ3n) is 5.76. The Kier molecular flexibility index (Phi) is 8.81. The molecule has 0 saturated heterocycles. The largest absolute Gasteiger partial charge is 0.513 e. The Labute approximate surface area is 220 Å². The first-order valence-corrected chi connectivity index (χ1v) is 12.3. The zero-order valence-corrected chi connectivity index (χ0v) is 21.1. The van der Waals surface area contributed by atoms with Crippen molar-refractivity contribution in [3.05, 3.63) is 89.5 Å². The van der Waals surface area contributed by atoms with Crippen LogP contribution in [0.5, 0.6) is 17.2 Å². The van der Waals surface area contributed by atoms with Gasteiger partial charge in [-0.05, 0) is 49.2 Å². The summed E-state index contributed by atoms with van der Waals surface area (Å²) in [6.07, 6.45) is -2.18. The minimum Gasteiger partial charge on any atom is -0.492 e. The fourth-order valence-electron chi connectivity index (χ4n) is 4.05. The molecule has 0 amide bonds. The highest BCUT2D eigenvalue weighted by Crippen LogP contribution is 2.44. The molecule has 1 aliphatic rings. The second kappa shape index (κ2) is 12.6. The molecule has 9 nitrogen and oxygen atoms in total. The van der Waals surface area contributed by atoms with E-state index in [4.69, 9.17) is 28.4 Å². The lowest BCUT2D eigenvalue weighted by molar-refractivity contribution is -0.151. The van der Waals surface area contributed by atoms with Gasteiger partial charge in [-0.25, -0.2) is 9.59 Å². The number of carbonyl (C=O) groups excluding carboxylic acids is 3. The fraction of sp³-hybridized carbons (Fsp3) is 0.276. The van der Waals surface area contributed by atoms with Crippen molar-refractivity contribution < 1.29 is 42.8 Å². The molecule has 1 heterocycles. The predicted molar refractivity (Wildman–Crippen MR) is 135 cm³/mol. The van der Waals surface area contributed by atoms with Gasteiger partial charge in [0.25, 0.3) is 0 Å². The van der Waals surface area contributed by atoms with Gasteiger partial charge in [-0.1, -0.05) is 42.5 Å². The monoisotopic (exact) mass is 520 g/mol. The molecule has 3 aromatic rings. The van der Waals surface area contributed by atoms with E-state index in [0.29, 0.717) is 17.1 Å². The van der Waals surface area contributed by atoms with Gasteiger partial charge in [-0.3, -0.25) is 4.79 Å². The van der Waals surface area contributed by atoms with Crippen LogP contribution in [0.4, 0.5) is 9.59 Å². The Hall–Kier alpha value is -4.53. The summed E-state index contributed by atoms with van der Waals surface area (Å²) in [5, 5.41) is 0. The molecule has 0 bridgehead atoms. The third-order valence-corrected chi connectivity index (χ3v) is 5.76. The first kappa shape index (κ1) is 26.5. The molecule has 0 aliphatic carbocycles. The van der Waals surface area contributed by atoms with Crippen molar-refractivity contribution in [2.75, 3.05) is 19.8 Å². The number of ether oxygens (including phenoxy) is 6. The lowest BCUT2D eigenvalue weighted by Gasteiger charge is -2.33. The van der Waals surface area contributed by atoms with E-state index in [1.807, 2.05) is 30.3 Å². The molecule has 2 atom stereocenters. The van der Waals surface area contributed by atoms with E-state index in [2.05, 4.69) is 0 Å². The van der Waals surface area contributed by atoms with Gasteiger partial charge >= 0.3 is 18.3 Å². The molecule has 3 aromatic carbocycles. The topological polar surface area (TPSA) is 107 Å². The standard InChI is InChI=1S/C29H28O9/c1-3-33-28(31)36-21-12-10-20(11-13-21)24-18-35-25-17-22(37-29(32)34-4-2)14-15-23(25)27(24)38-26(30)16-19-8-6-5-7-9-19/h5-15,17,24,27H,3-4,16,18H2,1-2H3. The van der Waals surface area contributed by atoms with Crippen LogP contribution in [0.3, 0.4) is 0 Å². The zero-order valence-electron chi connectivity index (χ0n) is 21.1. The van der Waals surface area contributed by atoms with E-state index < -0.39 is 24.4 Å². The van der Waals surface area contributed by atoms with Gasteiger partial charge in [0.1, 0.15) is 23.4 Å². The lowest BCUT2D eigenvalue weighted by Crippen LogP contribution is -2.28. The summed E-state index contributed by atoms with van der Waals surface area (Å²) in [6.45, 7) is 3.96. The van der Waals surface area contributed by atoms with Crippen LogP contribution in [0.1, 0.15) is 42.6 Å². The highest BCUT2D eigenvalue weighted by Gasteiger charge is 2.35. The van der Waals surface area contributed by atoms with Crippen molar-refractivity contribution >= 4 is 18.3 Å². The van der Waals surface area contributed by atoms with Gasteiger partial charge in [0.2, 0.25) is 0 Å². The molecule has 0 fully saturated rings. The van der Waals surface area contributed by atoms with Crippen molar-refractivity contribution in [1.29, 1.82) is 0 Å². The summed E-state index contributed by atoms with van der Waals surface area (Å²) in [5.74, 6) is 0.255. The maximum atomic E-state index is 13.0. The van der Waals surface area contributed by atoms with Gasteiger partial charge in [0.15, 0.2) is 0 Å². The Bertz CT molecular complexity index is 1250. The first-order valence-electron chi connectivity index (χ1n) is 12.3. The molecule has 1 aliphatic heterocycles. The molecule has 0 aromatic heterocycles. The average molecular weight is 521 g/mol. The van der Waals surface area contributed by atoms with Gasteiger partial charge in [0, 0.05) is 11.6 Å². The molecule has 2 unspecified atom stereocenters. The van der Waals surface area contributed by atoms with E-state index >= 15 is 0 Å². The molecule has 0 radical (unpaired) electrons. The van der Waals surface area contributed by atoms with Gasteiger partial charge in [0.05, 0.1) is 32.2 Å². The molecular formula is C29H28O9. The van der Waals surface area contributed by atoms with Crippen LogP contribution in [-0.4, -0.2) is 38.1 Å². The van der Waals surface area contributed by atoms with E-state index in [1.54, 1.807) is 56.3 Å². The van der Waals surface area contributed by atoms with E-state index in [1.165, 1.54) is 0 Å². The average Bonchev–Trinajstić information content (AvgIpc) is 2.90. The van der Waals surface area contributed by atoms with Crippen LogP contribution in [0.2, 0.25) is 0 Å². The number of rotatable bonds is 8. The number of carbonyl (C=O) groups is 3. The number of benzene rings is 3. The van der Waals surface area contributed by atoms with Crippen LogP contribution in [-0.2, 0) is 25.4 Å². The van der Waals surface area contributed by atoms with Crippen LogP contribution >= 0.6 is 0 Å². The zero-order chi connectivity index (χ0) is 26.9. The summed E-state index contributed by atoms with van der Waals surface area (Å²) in [7, 11) is 0. The Balaban J connectivity index is 1.58. The molecule has 0 saturated carbocycles. The Morgan fingerprint density at radius 1 is 0.816 bits per heavy atom. The molecule has 9 heteroatoms. The van der Waals surface area contributed by atoms with Gasteiger partial charge < -0.3 is 28.4 Å². The van der Waals surface area contributed by atoms with Crippen molar-refractivity contribution in [1.82, 2.24) is 0 Å². The predicted octanol–water partition coefficient (Wildman–Crippen LogP) is 5.76. The van der Waals surface area contributed by atoms with E-state index in [9.17, 15) is 14.4 Å². The summed E-state index contributed by atoms with van der Waals surface area (Å²) >= 11 is 0. The minimum atomic E-state index is -0.822. The summed E-state index contributed by atoms with van der Waals surface area (Å²) in [6, 6.07) is 21.0. The minimum absolute atomic E-state index is 0.108. The Morgan fingerprint density at radius 3 is 2.11 bits per heavy atom. The quantitative estimate of drug-likeness (QED) is 0.208. The van der Waals surface area contributed by atoms with Crippen LogP contribution in [0.15, 0.2) is 72.8 Å². The molecule has 38 heavy (non-hydrogen) atoms. The summed E-state index contributed by atoms with van der Waals surface area (Å²) < 4.78 is 32.0. The molecular weight excluding hydrogens is 492 g/mol. The normalized spacial score (nSPS) is 15.8. The number of hydrogen-bond donors (Lipinski definition) is 0. The highest BCUT2D eigenvalue weighted by atomic mass is 16.7. The Morgan fingerprint density at radius 2 is 1.45 bits per heavy atom. The highest BCUT2D eigenvalue weighted by molar-refractivity contribution is 5.73. The number of hydrogen-bond acceptors (Lipinski definition) is 9. The van der Waals surface area contributed by atoms with Crippen molar-refractivity contribution in [2.24, 2.45) is 0 Å². The maximum absolute atomic E-state index is 13.0. The summed E-state index contributed by atoms with van der Waals surface area (Å²) in [5.41, 5.74) is 2.28. The third kappa shape index (κ3) is 6.82. The second-order valence-electron chi connectivity index (χ2n) is 8.33. The molecule has 198 valence electrons. The van der Waals surface area contributed by atoms with Crippen LogP contribution in [0, 0.1) is 0 Å². The smallest absolute Gasteiger partial charge is 0.492 e. The van der Waals surface area contributed by atoms with Gasteiger partial charge in [-0.15, -0.1) is 0 Å². The van der Waals surface area contributed by atoms with E-state index in [-0.39, 0.29) is 37.9 Å². The molecule has 0 spiro atoms. The van der Waals surface area contributed by atoms with Gasteiger partial charge in [-0.2, -0.15) is 0 Å². The summed E-state index contributed by atoms with van der Waals surface area (Å²) in [4.78, 5) is 36.3. The van der Waals surface area contributed by atoms with Crippen molar-refractivity contribution in [2.45, 2.75) is 32.3 Å². The number of esters is 1. The SMILES string of the molecule is CCOC(=O)Oc1ccc(C2COc3cc(OC(=O)OCC)ccc3C2OC(=O)Cc2ccccc2)cc1. The molecule has 4 rings (SSSR count). The van der Waals surface area contributed by atoms with Crippen LogP contribution < -0.4 is 14.2 Å². The fourth-order valence-corrected chi connectivity index (χ4v) is 4.05. The first-order chi connectivity index (χ1) is 18.5. The molecule has 0 N–H and O–H groups in total. The maximum Gasteiger partial charge on any atom is 0.513 e. The second-order valence-corrected chi connectivity index (χ2v) is 8.33. The van der Waals surface area contributed by atoms with Crippen molar-refractivity contribution in [3.63, 3.8) is 0 Å². The van der Waals surface area contributed by atoms with Crippen LogP contribution in [0.25, 0.3) is 0 Å².